The summed E-state index contributed by atoms with van der Waals surface area (Å²) in [5, 5.41) is 4.02. The highest BCUT2D eigenvalue weighted by molar-refractivity contribution is 6.29. The van der Waals surface area contributed by atoms with Gasteiger partial charge in [0, 0.05) is 25.3 Å². The van der Waals surface area contributed by atoms with E-state index in [2.05, 4.69) is 35.1 Å². The quantitative estimate of drug-likeness (QED) is 0.841. The molecule has 0 saturated carbocycles. The van der Waals surface area contributed by atoms with Crippen LogP contribution in [0.5, 0.6) is 0 Å². The number of rotatable bonds is 5. The zero-order valence-corrected chi connectivity index (χ0v) is 12.7. The molecule has 1 aromatic rings. The summed E-state index contributed by atoms with van der Waals surface area (Å²) in [4.78, 5) is 6.59. The van der Waals surface area contributed by atoms with Gasteiger partial charge in [0.25, 0.3) is 0 Å². The fourth-order valence-electron chi connectivity index (χ4n) is 2.63. The third-order valence-electron chi connectivity index (χ3n) is 3.86. The van der Waals surface area contributed by atoms with Gasteiger partial charge in [-0.15, -0.1) is 0 Å². The summed E-state index contributed by atoms with van der Waals surface area (Å²) in [6, 6.07) is 4.59. The molecular formula is C15H24ClN3. The number of hydrogen-bond donors (Lipinski definition) is 1. The molecule has 0 aromatic carbocycles. The molecule has 1 saturated heterocycles. The van der Waals surface area contributed by atoms with Crippen molar-refractivity contribution in [2.45, 2.75) is 39.3 Å². The van der Waals surface area contributed by atoms with Crippen LogP contribution in [-0.2, 0) is 6.54 Å². The Balaban J connectivity index is 1.95. The van der Waals surface area contributed by atoms with Crippen molar-refractivity contribution in [3.63, 3.8) is 0 Å². The summed E-state index contributed by atoms with van der Waals surface area (Å²) in [6.07, 6.45) is 4.38. The minimum atomic E-state index is 0.557. The minimum Gasteiger partial charge on any atom is -0.317 e. The van der Waals surface area contributed by atoms with Crippen LogP contribution in [0.1, 0.15) is 32.3 Å². The van der Waals surface area contributed by atoms with Crippen LogP contribution in [0.25, 0.3) is 0 Å². The molecule has 0 amide bonds. The predicted molar refractivity (Wildman–Crippen MR) is 80.4 cm³/mol. The zero-order chi connectivity index (χ0) is 13.7. The second kappa shape index (κ2) is 7.22. The molecule has 1 fully saturated rings. The highest BCUT2D eigenvalue weighted by Gasteiger charge is 2.19. The van der Waals surface area contributed by atoms with Gasteiger partial charge in [0.15, 0.2) is 0 Å². The summed E-state index contributed by atoms with van der Waals surface area (Å²) in [7, 11) is 0. The lowest BCUT2D eigenvalue weighted by atomic mass is 9.97. The van der Waals surface area contributed by atoms with Crippen molar-refractivity contribution < 1.29 is 0 Å². The molecule has 4 heteroatoms. The molecule has 1 aliphatic heterocycles. The van der Waals surface area contributed by atoms with E-state index in [9.17, 15) is 0 Å². The Morgan fingerprint density at radius 3 is 2.79 bits per heavy atom. The Morgan fingerprint density at radius 2 is 2.16 bits per heavy atom. The summed E-state index contributed by atoms with van der Waals surface area (Å²) in [5.41, 5.74) is 1.25. The molecule has 2 heterocycles. The minimum absolute atomic E-state index is 0.557. The summed E-state index contributed by atoms with van der Waals surface area (Å²) in [5.74, 6) is 0.820. The number of nitrogens with one attached hydrogen (secondary N) is 1. The van der Waals surface area contributed by atoms with Gasteiger partial charge in [0.1, 0.15) is 5.15 Å². The first-order chi connectivity index (χ1) is 9.15. The van der Waals surface area contributed by atoms with Crippen LogP contribution >= 0.6 is 11.6 Å². The molecule has 3 nitrogen and oxygen atoms in total. The Kier molecular flexibility index (Phi) is 5.61. The van der Waals surface area contributed by atoms with Crippen molar-refractivity contribution in [1.29, 1.82) is 0 Å². The van der Waals surface area contributed by atoms with Crippen molar-refractivity contribution in [2.75, 3.05) is 19.6 Å². The van der Waals surface area contributed by atoms with Crippen molar-refractivity contribution in [2.24, 2.45) is 5.92 Å². The Morgan fingerprint density at radius 1 is 1.42 bits per heavy atom. The average Bonchev–Trinajstić information content (AvgIpc) is 2.39. The number of piperidine rings is 1. The third-order valence-corrected chi connectivity index (χ3v) is 4.07. The van der Waals surface area contributed by atoms with Crippen LogP contribution in [0, 0.1) is 5.92 Å². The van der Waals surface area contributed by atoms with E-state index in [1.807, 2.05) is 6.07 Å². The van der Waals surface area contributed by atoms with Gasteiger partial charge in [0.2, 0.25) is 0 Å². The first-order valence-electron chi connectivity index (χ1n) is 7.20. The van der Waals surface area contributed by atoms with Crippen LogP contribution in [0.4, 0.5) is 0 Å². The summed E-state index contributed by atoms with van der Waals surface area (Å²) in [6.45, 7) is 9.01. The lowest BCUT2D eigenvalue weighted by Gasteiger charge is -2.32. The standard InChI is InChI=1S/C15H24ClN3/c1-12(2)19(10-13-3-6-17-7-4-13)11-14-5-8-18-15(16)9-14/h5,8-9,12-13,17H,3-4,6-7,10-11H2,1-2H3. The summed E-state index contributed by atoms with van der Waals surface area (Å²) < 4.78 is 0. The number of aromatic nitrogens is 1. The first kappa shape index (κ1) is 14.8. The molecule has 19 heavy (non-hydrogen) atoms. The Bertz CT molecular complexity index is 389. The molecule has 1 aliphatic rings. The zero-order valence-electron chi connectivity index (χ0n) is 11.9. The Labute approximate surface area is 121 Å². The monoisotopic (exact) mass is 281 g/mol. The molecule has 2 rings (SSSR count). The van der Waals surface area contributed by atoms with E-state index >= 15 is 0 Å². The molecule has 106 valence electrons. The van der Waals surface area contributed by atoms with Gasteiger partial charge in [-0.1, -0.05) is 11.6 Å². The van der Waals surface area contributed by atoms with Crippen LogP contribution in [0.2, 0.25) is 5.15 Å². The molecule has 0 bridgehead atoms. The van der Waals surface area contributed by atoms with E-state index in [1.165, 1.54) is 24.9 Å². The highest BCUT2D eigenvalue weighted by atomic mass is 35.5. The molecule has 0 aliphatic carbocycles. The summed E-state index contributed by atoms with van der Waals surface area (Å²) >= 11 is 5.96. The number of nitrogens with zero attached hydrogens (tertiary/aromatic N) is 2. The van der Waals surface area contributed by atoms with E-state index in [0.29, 0.717) is 11.2 Å². The third kappa shape index (κ3) is 4.75. The molecular weight excluding hydrogens is 258 g/mol. The SMILES string of the molecule is CC(C)N(Cc1ccnc(Cl)c1)CC1CCNCC1. The molecule has 0 atom stereocenters. The van der Waals surface area contributed by atoms with Gasteiger partial charge in [-0.2, -0.15) is 0 Å². The fraction of sp³-hybridized carbons (Fsp3) is 0.667. The molecule has 0 unspecified atom stereocenters. The maximum absolute atomic E-state index is 5.96. The van der Waals surface area contributed by atoms with Crippen molar-refractivity contribution in [3.05, 3.63) is 29.0 Å². The van der Waals surface area contributed by atoms with Crippen molar-refractivity contribution in [3.8, 4) is 0 Å². The number of hydrogen-bond acceptors (Lipinski definition) is 3. The molecule has 0 radical (unpaired) electrons. The second-order valence-corrected chi connectivity index (χ2v) is 6.09. The first-order valence-corrected chi connectivity index (χ1v) is 7.58. The largest absolute Gasteiger partial charge is 0.317 e. The molecule has 1 aromatic heterocycles. The average molecular weight is 282 g/mol. The van der Waals surface area contributed by atoms with Crippen LogP contribution < -0.4 is 5.32 Å². The topological polar surface area (TPSA) is 28.2 Å². The lowest BCUT2D eigenvalue weighted by molar-refractivity contribution is 0.162. The van der Waals surface area contributed by atoms with Crippen LogP contribution in [0.3, 0.4) is 0 Å². The molecule has 0 spiro atoms. The van der Waals surface area contributed by atoms with Gasteiger partial charge in [-0.05, 0) is 63.4 Å². The predicted octanol–water partition coefficient (Wildman–Crippen LogP) is 2.95. The Hall–Kier alpha value is -0.640. The fourth-order valence-corrected chi connectivity index (χ4v) is 2.83. The lowest BCUT2D eigenvalue weighted by Crippen LogP contribution is -2.39. The van der Waals surface area contributed by atoms with Crippen LogP contribution in [0.15, 0.2) is 18.3 Å². The van der Waals surface area contributed by atoms with Crippen LogP contribution in [-0.4, -0.2) is 35.6 Å². The van der Waals surface area contributed by atoms with E-state index in [4.69, 9.17) is 11.6 Å². The molecule has 1 N–H and O–H groups in total. The van der Waals surface area contributed by atoms with Crippen molar-refractivity contribution >= 4 is 11.6 Å². The van der Waals surface area contributed by atoms with Gasteiger partial charge in [-0.3, -0.25) is 4.90 Å². The highest BCUT2D eigenvalue weighted by Crippen LogP contribution is 2.18. The van der Waals surface area contributed by atoms with E-state index in [0.717, 1.165) is 25.6 Å². The normalized spacial score (nSPS) is 17.3. The van der Waals surface area contributed by atoms with Crippen molar-refractivity contribution in [1.82, 2.24) is 15.2 Å². The van der Waals surface area contributed by atoms with Gasteiger partial charge >= 0.3 is 0 Å². The van der Waals surface area contributed by atoms with Gasteiger partial charge < -0.3 is 5.32 Å². The van der Waals surface area contributed by atoms with E-state index in [1.54, 1.807) is 6.20 Å². The maximum Gasteiger partial charge on any atom is 0.129 e. The van der Waals surface area contributed by atoms with E-state index < -0.39 is 0 Å². The number of halogens is 1. The second-order valence-electron chi connectivity index (χ2n) is 5.70. The van der Waals surface area contributed by atoms with E-state index in [-0.39, 0.29) is 0 Å². The smallest absolute Gasteiger partial charge is 0.129 e. The van der Waals surface area contributed by atoms with Gasteiger partial charge in [0.05, 0.1) is 0 Å². The number of pyridine rings is 1. The van der Waals surface area contributed by atoms with Gasteiger partial charge in [-0.25, -0.2) is 4.98 Å². The maximum atomic E-state index is 5.96.